The van der Waals surface area contributed by atoms with Gasteiger partial charge >= 0.3 is 0 Å². The maximum Gasteiger partial charge on any atom is 0.275 e. The molecule has 0 atom stereocenters. The molecule has 0 aliphatic carbocycles. The topological polar surface area (TPSA) is 103 Å². The van der Waals surface area contributed by atoms with Crippen LogP contribution in [0.2, 0.25) is 0 Å². The zero-order valence-electron chi connectivity index (χ0n) is 19.5. The van der Waals surface area contributed by atoms with Crippen LogP contribution in [0, 0.1) is 34.6 Å². The van der Waals surface area contributed by atoms with Crippen molar-refractivity contribution in [1.29, 1.82) is 0 Å². The van der Waals surface area contributed by atoms with Crippen molar-refractivity contribution in [1.82, 2.24) is 19.4 Å². The number of amides is 1. The second-order valence-corrected chi connectivity index (χ2v) is 10.5. The highest BCUT2D eigenvalue weighted by Crippen LogP contribution is 2.32. The Morgan fingerprint density at radius 2 is 1.36 bits per heavy atom. The molecule has 8 nitrogen and oxygen atoms in total. The van der Waals surface area contributed by atoms with Crippen LogP contribution in [-0.4, -0.2) is 59.9 Å². The summed E-state index contributed by atoms with van der Waals surface area (Å²) < 4.78 is 28.6. The Balaban J connectivity index is 1.60. The number of benzene rings is 2. The van der Waals surface area contributed by atoms with Gasteiger partial charge in [0.15, 0.2) is 5.69 Å². The molecule has 2 aromatic carbocycles. The van der Waals surface area contributed by atoms with Crippen molar-refractivity contribution in [2.45, 2.75) is 39.5 Å². The number of carbonyl (C=O) groups excluding carboxylic acids is 1. The van der Waals surface area contributed by atoms with E-state index < -0.39 is 10.0 Å². The molecular formula is C24H28N4O4S. The van der Waals surface area contributed by atoms with E-state index >= 15 is 0 Å². The fourth-order valence-corrected chi connectivity index (χ4v) is 6.52. The maximum atomic E-state index is 13.6. The lowest BCUT2D eigenvalue weighted by Gasteiger charge is -2.35. The van der Waals surface area contributed by atoms with Gasteiger partial charge in [-0.05, 0) is 68.5 Å². The van der Waals surface area contributed by atoms with Crippen LogP contribution < -0.4 is 5.56 Å². The number of hydrogen-bond acceptors (Lipinski definition) is 5. The molecule has 1 aliphatic heterocycles. The van der Waals surface area contributed by atoms with E-state index in [1.54, 1.807) is 29.2 Å². The Morgan fingerprint density at radius 3 is 1.94 bits per heavy atom. The first-order chi connectivity index (χ1) is 15.6. The Kier molecular flexibility index (Phi) is 5.88. The van der Waals surface area contributed by atoms with Crippen molar-refractivity contribution in [3.8, 4) is 0 Å². The zero-order chi connectivity index (χ0) is 24.1. The number of carbonyl (C=O) groups is 1. The number of piperazine rings is 1. The summed E-state index contributed by atoms with van der Waals surface area (Å²) in [6.45, 7) is 10.5. The molecule has 174 valence electrons. The third-order valence-corrected chi connectivity index (χ3v) is 9.13. The summed E-state index contributed by atoms with van der Waals surface area (Å²) in [7, 11) is -3.71. The van der Waals surface area contributed by atoms with Gasteiger partial charge in [0.2, 0.25) is 10.0 Å². The van der Waals surface area contributed by atoms with Crippen molar-refractivity contribution < 1.29 is 13.2 Å². The number of rotatable bonds is 3. The average Bonchev–Trinajstić information content (AvgIpc) is 2.81. The van der Waals surface area contributed by atoms with Gasteiger partial charge in [0.05, 0.1) is 10.3 Å². The van der Waals surface area contributed by atoms with Crippen molar-refractivity contribution in [3.63, 3.8) is 0 Å². The number of sulfonamides is 1. The quantitative estimate of drug-likeness (QED) is 0.636. The third kappa shape index (κ3) is 3.75. The molecule has 1 fully saturated rings. The van der Waals surface area contributed by atoms with Gasteiger partial charge in [-0.1, -0.05) is 18.2 Å². The monoisotopic (exact) mass is 468 g/mol. The summed E-state index contributed by atoms with van der Waals surface area (Å²) >= 11 is 0. The van der Waals surface area contributed by atoms with Gasteiger partial charge in [0.1, 0.15) is 0 Å². The van der Waals surface area contributed by atoms with Crippen LogP contribution in [0.1, 0.15) is 38.3 Å². The van der Waals surface area contributed by atoms with Crippen molar-refractivity contribution >= 4 is 26.7 Å². The standard InChI is InChI=1S/C24H28N4O4S/c1-14-15(2)17(4)22(18(5)16(14)3)33(31,32)28-12-10-27(11-13-28)24(30)21-19-8-6-7-9-20(19)23(29)26-25-21/h6-9H,10-13H2,1-5H3,(H,26,29). The molecule has 0 spiro atoms. The lowest BCUT2D eigenvalue weighted by atomic mass is 9.95. The molecule has 4 rings (SSSR count). The Morgan fingerprint density at radius 1 is 0.848 bits per heavy atom. The van der Waals surface area contributed by atoms with Crippen molar-refractivity contribution in [2.75, 3.05) is 26.2 Å². The van der Waals surface area contributed by atoms with Crippen LogP contribution in [0.4, 0.5) is 0 Å². The normalized spacial score (nSPS) is 15.2. The predicted octanol–water partition coefficient (Wildman–Crippen LogP) is 2.61. The van der Waals surface area contributed by atoms with E-state index in [0.29, 0.717) is 15.7 Å². The summed E-state index contributed by atoms with van der Waals surface area (Å²) in [5.41, 5.74) is 4.45. The van der Waals surface area contributed by atoms with Crippen molar-refractivity contribution in [2.24, 2.45) is 0 Å². The molecule has 1 amide bonds. The van der Waals surface area contributed by atoms with Gasteiger partial charge in [-0.3, -0.25) is 9.59 Å². The first-order valence-corrected chi connectivity index (χ1v) is 12.3. The molecule has 0 unspecified atom stereocenters. The fraction of sp³-hybridized carbons (Fsp3) is 0.375. The van der Waals surface area contributed by atoms with Crippen LogP contribution in [0.15, 0.2) is 34.0 Å². The summed E-state index contributed by atoms with van der Waals surface area (Å²) in [4.78, 5) is 27.1. The smallest absolute Gasteiger partial charge is 0.275 e. The second-order valence-electron chi connectivity index (χ2n) is 8.60. The second kappa shape index (κ2) is 8.39. The highest BCUT2D eigenvalue weighted by atomic mass is 32.2. The van der Waals surface area contributed by atoms with Gasteiger partial charge < -0.3 is 4.90 Å². The minimum Gasteiger partial charge on any atom is -0.335 e. The SMILES string of the molecule is Cc1c(C)c(C)c(S(=O)(=O)N2CCN(C(=O)c3n[nH]c(=O)c4ccccc34)CC2)c(C)c1C. The van der Waals surface area contributed by atoms with Gasteiger partial charge in [-0.25, -0.2) is 13.5 Å². The van der Waals surface area contributed by atoms with Crippen molar-refractivity contribution in [3.05, 3.63) is 68.1 Å². The zero-order valence-corrected chi connectivity index (χ0v) is 20.3. The van der Waals surface area contributed by atoms with Crippen LogP contribution in [0.5, 0.6) is 0 Å². The number of fused-ring (bicyclic) bond motifs is 1. The summed E-state index contributed by atoms with van der Waals surface area (Å²) in [5.74, 6) is -0.325. The molecule has 1 N–H and O–H groups in total. The van der Waals surface area contributed by atoms with E-state index in [1.165, 1.54) is 4.31 Å². The Labute approximate surface area is 193 Å². The Bertz CT molecular complexity index is 1410. The lowest BCUT2D eigenvalue weighted by molar-refractivity contribution is 0.0693. The average molecular weight is 469 g/mol. The predicted molar refractivity (Wildman–Crippen MR) is 127 cm³/mol. The van der Waals surface area contributed by atoms with E-state index in [0.717, 1.165) is 27.8 Å². The van der Waals surface area contributed by atoms with Crippen LogP contribution >= 0.6 is 0 Å². The number of aromatic nitrogens is 2. The van der Waals surface area contributed by atoms with Gasteiger partial charge in [-0.15, -0.1) is 0 Å². The Hall–Kier alpha value is -3.04. The van der Waals surface area contributed by atoms with E-state index in [1.807, 2.05) is 34.6 Å². The molecule has 9 heteroatoms. The summed E-state index contributed by atoms with van der Waals surface area (Å²) in [5, 5.41) is 7.25. The number of hydrogen-bond donors (Lipinski definition) is 1. The first kappa shape index (κ1) is 23.1. The van der Waals surface area contributed by atoms with E-state index in [-0.39, 0.29) is 43.3 Å². The lowest BCUT2D eigenvalue weighted by Crippen LogP contribution is -2.51. The third-order valence-electron chi connectivity index (χ3n) is 6.95. The molecule has 3 aromatic rings. The van der Waals surface area contributed by atoms with E-state index in [4.69, 9.17) is 0 Å². The highest BCUT2D eigenvalue weighted by molar-refractivity contribution is 7.89. The number of aromatic amines is 1. The first-order valence-electron chi connectivity index (χ1n) is 10.9. The highest BCUT2D eigenvalue weighted by Gasteiger charge is 2.34. The minimum absolute atomic E-state index is 0.165. The number of nitrogens with one attached hydrogen (secondary N) is 1. The molecule has 2 heterocycles. The molecule has 0 saturated carbocycles. The van der Waals surface area contributed by atoms with Crippen LogP contribution in [-0.2, 0) is 10.0 Å². The van der Waals surface area contributed by atoms with Crippen LogP contribution in [0.3, 0.4) is 0 Å². The van der Waals surface area contributed by atoms with Crippen LogP contribution in [0.25, 0.3) is 10.8 Å². The number of nitrogens with zero attached hydrogens (tertiary/aromatic N) is 3. The molecular weight excluding hydrogens is 440 g/mol. The number of H-pyrrole nitrogens is 1. The summed E-state index contributed by atoms with van der Waals surface area (Å²) in [6, 6.07) is 6.82. The van der Waals surface area contributed by atoms with Gasteiger partial charge in [-0.2, -0.15) is 9.40 Å². The van der Waals surface area contributed by atoms with E-state index in [2.05, 4.69) is 10.2 Å². The molecule has 0 bridgehead atoms. The summed E-state index contributed by atoms with van der Waals surface area (Å²) in [6.07, 6.45) is 0. The molecule has 1 aliphatic rings. The minimum atomic E-state index is -3.71. The van der Waals surface area contributed by atoms with Gasteiger partial charge in [0.25, 0.3) is 11.5 Å². The molecule has 0 radical (unpaired) electrons. The van der Waals surface area contributed by atoms with Gasteiger partial charge in [0, 0.05) is 31.6 Å². The molecule has 1 aromatic heterocycles. The maximum absolute atomic E-state index is 13.6. The fourth-order valence-electron chi connectivity index (χ4n) is 4.54. The largest absolute Gasteiger partial charge is 0.335 e. The molecule has 1 saturated heterocycles. The van der Waals surface area contributed by atoms with E-state index in [9.17, 15) is 18.0 Å². The molecule has 33 heavy (non-hydrogen) atoms.